The van der Waals surface area contributed by atoms with Gasteiger partial charge in [-0.3, -0.25) is 4.79 Å². The van der Waals surface area contributed by atoms with E-state index in [0.717, 1.165) is 22.6 Å². The molecular weight excluding hydrogens is 464 g/mol. The highest BCUT2D eigenvalue weighted by Gasteiger charge is 2.44. The first-order chi connectivity index (χ1) is 15.0. The van der Waals surface area contributed by atoms with Gasteiger partial charge in [0.15, 0.2) is 11.5 Å². The molecule has 0 saturated carbocycles. The standard InChI is InChI=1S/C20H22ClF2N5O3S/c1-3-4-7-20(11-32(30,31)28(2)19(24)27-20)14-9-13(5-6-15(14)22)26-18(29)17-16(23)8-12(21)10-25-17/h5-6,8-10H,3-4,7,11H2,1-2H3,(H2,24,27)(H,26,29)/t20-/m0/s1. The fourth-order valence-electron chi connectivity index (χ4n) is 3.46. The quantitative estimate of drug-likeness (QED) is 0.651. The average Bonchev–Trinajstić information content (AvgIpc) is 2.71. The molecule has 1 aliphatic heterocycles. The Hall–Kier alpha value is -2.79. The smallest absolute Gasteiger partial charge is 0.277 e. The van der Waals surface area contributed by atoms with Gasteiger partial charge in [-0.15, -0.1) is 0 Å². The number of rotatable bonds is 6. The highest BCUT2D eigenvalue weighted by Crippen LogP contribution is 2.39. The molecule has 0 aliphatic carbocycles. The summed E-state index contributed by atoms with van der Waals surface area (Å²) in [7, 11) is -2.57. The second-order valence-corrected chi connectivity index (χ2v) is 9.90. The Labute approximate surface area is 189 Å². The van der Waals surface area contributed by atoms with Gasteiger partial charge in [0.05, 0.1) is 10.8 Å². The van der Waals surface area contributed by atoms with E-state index >= 15 is 0 Å². The SMILES string of the molecule is CCCC[C@@]1(c2cc(NC(=O)c3ncc(Cl)cc3F)ccc2F)CS(=O)(=O)N(C)C(N)=N1. The monoisotopic (exact) mass is 485 g/mol. The van der Waals surface area contributed by atoms with Crippen molar-refractivity contribution in [3.8, 4) is 0 Å². The lowest BCUT2D eigenvalue weighted by molar-refractivity contribution is 0.101. The number of pyridine rings is 1. The first-order valence-electron chi connectivity index (χ1n) is 9.73. The molecule has 32 heavy (non-hydrogen) atoms. The van der Waals surface area contributed by atoms with E-state index in [1.165, 1.54) is 19.2 Å². The van der Waals surface area contributed by atoms with Crippen molar-refractivity contribution in [1.82, 2.24) is 9.29 Å². The van der Waals surface area contributed by atoms with Gasteiger partial charge >= 0.3 is 0 Å². The van der Waals surface area contributed by atoms with Crippen LogP contribution in [-0.2, 0) is 15.6 Å². The van der Waals surface area contributed by atoms with Crippen molar-refractivity contribution in [1.29, 1.82) is 0 Å². The number of nitrogens with two attached hydrogens (primary N) is 1. The van der Waals surface area contributed by atoms with Crippen LogP contribution < -0.4 is 11.1 Å². The number of sulfonamides is 1. The molecule has 12 heteroatoms. The van der Waals surface area contributed by atoms with Gasteiger partial charge < -0.3 is 11.1 Å². The molecule has 8 nitrogen and oxygen atoms in total. The largest absolute Gasteiger partial charge is 0.369 e. The summed E-state index contributed by atoms with van der Waals surface area (Å²) in [5.41, 5.74) is 3.97. The summed E-state index contributed by atoms with van der Waals surface area (Å²) in [6.45, 7) is 1.91. The number of anilines is 1. The van der Waals surface area contributed by atoms with E-state index < -0.39 is 44.6 Å². The number of hydrogen-bond donors (Lipinski definition) is 2. The summed E-state index contributed by atoms with van der Waals surface area (Å²) in [5, 5.41) is 2.48. The molecule has 0 radical (unpaired) electrons. The van der Waals surface area contributed by atoms with Gasteiger partial charge in [0.2, 0.25) is 16.0 Å². The number of hydrogen-bond acceptors (Lipinski definition) is 6. The number of amides is 1. The highest BCUT2D eigenvalue weighted by atomic mass is 35.5. The van der Waals surface area contributed by atoms with Gasteiger partial charge in [0, 0.05) is 24.5 Å². The van der Waals surface area contributed by atoms with Crippen molar-refractivity contribution >= 4 is 39.2 Å². The predicted molar refractivity (Wildman–Crippen MR) is 118 cm³/mol. The van der Waals surface area contributed by atoms with Crippen LogP contribution in [0.5, 0.6) is 0 Å². The van der Waals surface area contributed by atoms with Gasteiger partial charge in [0.25, 0.3) is 5.91 Å². The van der Waals surface area contributed by atoms with Crippen molar-refractivity contribution in [3.63, 3.8) is 0 Å². The van der Waals surface area contributed by atoms with Gasteiger partial charge in [-0.05, 0) is 30.7 Å². The summed E-state index contributed by atoms with van der Waals surface area (Å²) in [6, 6.07) is 4.59. The van der Waals surface area contributed by atoms with E-state index in [1.54, 1.807) is 0 Å². The van der Waals surface area contributed by atoms with Crippen molar-refractivity contribution < 1.29 is 22.0 Å². The molecule has 0 fully saturated rings. The first kappa shape index (κ1) is 23.9. The lowest BCUT2D eigenvalue weighted by Gasteiger charge is -2.37. The fourth-order valence-corrected chi connectivity index (χ4v) is 5.10. The number of aromatic nitrogens is 1. The summed E-state index contributed by atoms with van der Waals surface area (Å²) >= 11 is 5.66. The number of nitrogens with one attached hydrogen (secondary N) is 1. The lowest BCUT2D eigenvalue weighted by Crippen LogP contribution is -2.51. The number of benzene rings is 1. The molecular formula is C20H22ClF2N5O3S. The Morgan fingerprint density at radius 2 is 2.03 bits per heavy atom. The zero-order chi connectivity index (χ0) is 23.7. The summed E-state index contributed by atoms with van der Waals surface area (Å²) < 4.78 is 55.2. The van der Waals surface area contributed by atoms with Crippen molar-refractivity contribution in [2.75, 3.05) is 18.1 Å². The Bertz CT molecular complexity index is 1190. The van der Waals surface area contributed by atoms with Crippen LogP contribution in [0.15, 0.2) is 35.5 Å². The molecule has 1 aromatic carbocycles. The van der Waals surface area contributed by atoms with Gasteiger partial charge in [-0.1, -0.05) is 31.4 Å². The zero-order valence-electron chi connectivity index (χ0n) is 17.4. The van der Waals surface area contributed by atoms with Crippen LogP contribution in [0.2, 0.25) is 5.02 Å². The third-order valence-corrected chi connectivity index (χ3v) is 7.25. The minimum atomic E-state index is -3.85. The third kappa shape index (κ3) is 4.68. The molecule has 0 unspecified atom stereocenters. The topological polar surface area (TPSA) is 118 Å². The molecule has 3 N–H and O–H groups in total. The Morgan fingerprint density at radius 3 is 2.66 bits per heavy atom. The summed E-state index contributed by atoms with van der Waals surface area (Å²) in [5.74, 6) is -3.24. The maximum Gasteiger partial charge on any atom is 0.277 e. The minimum Gasteiger partial charge on any atom is -0.369 e. The Balaban J connectivity index is 2.04. The molecule has 0 spiro atoms. The number of nitrogens with zero attached hydrogens (tertiary/aromatic N) is 3. The van der Waals surface area contributed by atoms with E-state index in [4.69, 9.17) is 17.3 Å². The number of guanidine groups is 1. The molecule has 1 aliphatic rings. The molecule has 0 saturated heterocycles. The molecule has 2 heterocycles. The van der Waals surface area contributed by atoms with Crippen molar-refractivity contribution in [3.05, 3.63) is 58.4 Å². The fraction of sp³-hybridized carbons (Fsp3) is 0.350. The summed E-state index contributed by atoms with van der Waals surface area (Å²) in [6.07, 6.45) is 2.62. The number of carbonyl (C=O) groups excluding carboxylic acids is 1. The van der Waals surface area contributed by atoms with Gasteiger partial charge in [-0.2, -0.15) is 0 Å². The zero-order valence-corrected chi connectivity index (χ0v) is 19.0. The Morgan fingerprint density at radius 1 is 1.31 bits per heavy atom. The number of aliphatic imine (C=N–C) groups is 1. The van der Waals surface area contributed by atoms with Crippen LogP contribution in [0, 0.1) is 11.6 Å². The molecule has 3 rings (SSSR count). The number of carbonyl (C=O) groups is 1. The van der Waals surface area contributed by atoms with E-state index in [9.17, 15) is 22.0 Å². The van der Waals surface area contributed by atoms with E-state index in [1.807, 2.05) is 6.92 Å². The minimum absolute atomic E-state index is 0.0277. The van der Waals surface area contributed by atoms with Crippen LogP contribution >= 0.6 is 11.6 Å². The van der Waals surface area contributed by atoms with Crippen LogP contribution in [0.4, 0.5) is 14.5 Å². The number of halogens is 3. The third-order valence-electron chi connectivity index (χ3n) is 5.18. The molecule has 1 aromatic heterocycles. The first-order valence-corrected chi connectivity index (χ1v) is 11.7. The molecule has 1 amide bonds. The second kappa shape index (κ2) is 8.99. The van der Waals surface area contributed by atoms with E-state index in [0.29, 0.717) is 12.8 Å². The molecule has 2 aromatic rings. The van der Waals surface area contributed by atoms with E-state index in [2.05, 4.69) is 15.3 Å². The number of unbranched alkanes of at least 4 members (excludes halogenated alkanes) is 1. The predicted octanol–water partition coefficient (Wildman–Crippen LogP) is 3.24. The normalized spacial score (nSPS) is 20.0. The van der Waals surface area contributed by atoms with E-state index in [-0.39, 0.29) is 28.7 Å². The van der Waals surface area contributed by atoms with Crippen molar-refractivity contribution in [2.45, 2.75) is 31.7 Å². The lowest BCUT2D eigenvalue weighted by atomic mass is 9.86. The van der Waals surface area contributed by atoms with Crippen LogP contribution in [0.1, 0.15) is 42.2 Å². The maximum absolute atomic E-state index is 15.0. The molecule has 172 valence electrons. The Kier molecular flexibility index (Phi) is 6.70. The highest BCUT2D eigenvalue weighted by molar-refractivity contribution is 7.89. The van der Waals surface area contributed by atoms with Crippen LogP contribution in [-0.4, -0.2) is 42.4 Å². The van der Waals surface area contributed by atoms with Gasteiger partial charge in [-0.25, -0.2) is 31.5 Å². The van der Waals surface area contributed by atoms with Crippen molar-refractivity contribution in [2.24, 2.45) is 10.7 Å². The molecule has 1 atom stereocenters. The maximum atomic E-state index is 15.0. The summed E-state index contributed by atoms with van der Waals surface area (Å²) in [4.78, 5) is 20.5. The average molecular weight is 486 g/mol. The van der Waals surface area contributed by atoms with Gasteiger partial charge in [0.1, 0.15) is 11.4 Å². The van der Waals surface area contributed by atoms with Crippen LogP contribution in [0.25, 0.3) is 0 Å². The second-order valence-electron chi connectivity index (χ2n) is 7.46. The molecule has 0 bridgehead atoms. The van der Waals surface area contributed by atoms with Crippen LogP contribution in [0.3, 0.4) is 0 Å².